The fourth-order valence-electron chi connectivity index (χ4n) is 2.41. The van der Waals surface area contributed by atoms with Crippen LogP contribution in [0.4, 0.5) is 0 Å². The van der Waals surface area contributed by atoms with Crippen LogP contribution >= 0.6 is 12.2 Å². The maximum atomic E-state index is 12.4. The number of amides is 2. The number of benzene rings is 2. The zero-order valence-corrected chi connectivity index (χ0v) is 18.0. The summed E-state index contributed by atoms with van der Waals surface area (Å²) in [5, 5.41) is 2.43. The van der Waals surface area contributed by atoms with E-state index in [-0.39, 0.29) is 11.7 Å². The minimum atomic E-state index is -0.471. The minimum Gasteiger partial charge on any atom is -0.491 e. The summed E-state index contributed by atoms with van der Waals surface area (Å²) in [6.45, 7) is 7.20. The van der Waals surface area contributed by atoms with Crippen LogP contribution in [0.2, 0.25) is 0 Å². The predicted octanol–water partition coefficient (Wildman–Crippen LogP) is 2.62. The quantitative estimate of drug-likeness (QED) is 0.225. The second-order valence-corrected chi connectivity index (χ2v) is 6.44. The molecule has 2 rings (SSSR count). The largest absolute Gasteiger partial charge is 0.491 e. The molecule has 0 bridgehead atoms. The molecular formula is C22H25N3O5S. The first-order valence-corrected chi connectivity index (χ1v) is 10.0. The summed E-state index contributed by atoms with van der Waals surface area (Å²) in [5.41, 5.74) is 5.60. The van der Waals surface area contributed by atoms with E-state index in [0.717, 1.165) is 0 Å². The monoisotopic (exact) mass is 443 g/mol. The lowest BCUT2D eigenvalue weighted by atomic mass is 10.2. The van der Waals surface area contributed by atoms with E-state index in [0.29, 0.717) is 42.4 Å². The van der Waals surface area contributed by atoms with E-state index < -0.39 is 11.8 Å². The van der Waals surface area contributed by atoms with Gasteiger partial charge in [-0.05, 0) is 49.5 Å². The maximum absolute atomic E-state index is 12.4. The van der Waals surface area contributed by atoms with Gasteiger partial charge in [-0.15, -0.1) is 0 Å². The first kappa shape index (κ1) is 23.8. The molecule has 0 saturated heterocycles. The van der Waals surface area contributed by atoms with Gasteiger partial charge < -0.3 is 14.2 Å². The van der Waals surface area contributed by atoms with Gasteiger partial charge in [0.05, 0.1) is 12.2 Å². The highest BCUT2D eigenvalue weighted by Gasteiger charge is 2.13. The van der Waals surface area contributed by atoms with Crippen LogP contribution in [0.15, 0.2) is 61.2 Å². The van der Waals surface area contributed by atoms with Crippen molar-refractivity contribution in [3.8, 4) is 11.5 Å². The number of hydrogen-bond donors (Lipinski definition) is 3. The van der Waals surface area contributed by atoms with Gasteiger partial charge in [0.1, 0.15) is 24.7 Å². The third kappa shape index (κ3) is 8.07. The van der Waals surface area contributed by atoms with Crippen LogP contribution in [-0.4, -0.2) is 43.4 Å². The second kappa shape index (κ2) is 13.0. The zero-order valence-electron chi connectivity index (χ0n) is 17.2. The normalized spacial score (nSPS) is 9.97. The number of hydrazine groups is 1. The Hall–Kier alpha value is -3.43. The summed E-state index contributed by atoms with van der Waals surface area (Å²) in [7, 11) is 0. The number of carbonyl (C=O) groups excluding carboxylic acids is 2. The van der Waals surface area contributed by atoms with Crippen LogP contribution in [0.1, 0.15) is 27.6 Å². The molecule has 0 saturated carbocycles. The molecular weight excluding hydrogens is 418 g/mol. The van der Waals surface area contributed by atoms with Crippen LogP contribution in [0.25, 0.3) is 0 Å². The highest BCUT2D eigenvalue weighted by Crippen LogP contribution is 2.17. The Bertz CT molecular complexity index is 920. The van der Waals surface area contributed by atoms with Crippen molar-refractivity contribution in [2.24, 2.45) is 0 Å². The van der Waals surface area contributed by atoms with E-state index in [1.165, 1.54) is 0 Å². The maximum Gasteiger partial charge on any atom is 0.273 e. The molecule has 2 aromatic carbocycles. The van der Waals surface area contributed by atoms with Gasteiger partial charge in [-0.25, -0.2) is 0 Å². The van der Waals surface area contributed by atoms with Gasteiger partial charge in [0.2, 0.25) is 0 Å². The Balaban J connectivity index is 1.87. The fourth-order valence-corrected chi connectivity index (χ4v) is 2.55. The molecule has 0 aliphatic heterocycles. The van der Waals surface area contributed by atoms with Gasteiger partial charge in [-0.3, -0.25) is 25.8 Å². The van der Waals surface area contributed by atoms with E-state index >= 15 is 0 Å². The van der Waals surface area contributed by atoms with Crippen molar-refractivity contribution in [1.82, 2.24) is 16.2 Å². The molecule has 2 amide bonds. The van der Waals surface area contributed by atoms with Crippen LogP contribution < -0.4 is 25.6 Å². The average Bonchev–Trinajstić information content (AvgIpc) is 2.79. The lowest BCUT2D eigenvalue weighted by Crippen LogP contribution is -2.48. The van der Waals surface area contributed by atoms with E-state index in [2.05, 4.69) is 22.7 Å². The number of nitrogens with one attached hydrogen (secondary N) is 3. The lowest BCUT2D eigenvalue weighted by molar-refractivity contribution is 0.0931. The van der Waals surface area contributed by atoms with E-state index in [1.54, 1.807) is 54.6 Å². The number of ether oxygens (including phenoxy) is 3. The Morgan fingerprint density at radius 1 is 1.03 bits per heavy atom. The molecule has 0 fully saturated rings. The summed E-state index contributed by atoms with van der Waals surface area (Å²) < 4.78 is 16.2. The van der Waals surface area contributed by atoms with Crippen molar-refractivity contribution in [2.75, 3.05) is 26.4 Å². The molecule has 0 aromatic heterocycles. The first-order valence-electron chi connectivity index (χ1n) is 9.60. The number of para-hydroxylation sites is 1. The van der Waals surface area contributed by atoms with E-state index in [9.17, 15) is 9.59 Å². The van der Waals surface area contributed by atoms with Gasteiger partial charge in [-0.2, -0.15) is 0 Å². The molecule has 0 aliphatic rings. The van der Waals surface area contributed by atoms with Crippen LogP contribution in [0, 0.1) is 0 Å². The van der Waals surface area contributed by atoms with Crippen LogP contribution in [-0.2, 0) is 4.74 Å². The Morgan fingerprint density at radius 3 is 2.61 bits per heavy atom. The average molecular weight is 444 g/mol. The standard InChI is InChI=1S/C22H25N3O5S/c1-3-12-30-19-11-6-5-10-18(19)21(27)24-25-22(31)23-20(26)16-8-7-9-17(15-16)29-14-13-28-4-2/h3,5-11,15H,1,4,12-14H2,2H3,(H,24,27)(H2,23,25,26,31). The van der Waals surface area contributed by atoms with Gasteiger partial charge in [0, 0.05) is 12.2 Å². The molecule has 31 heavy (non-hydrogen) atoms. The topological polar surface area (TPSA) is 97.9 Å². The van der Waals surface area contributed by atoms with Crippen molar-refractivity contribution in [3.63, 3.8) is 0 Å². The highest BCUT2D eigenvalue weighted by molar-refractivity contribution is 7.80. The van der Waals surface area contributed by atoms with Crippen molar-refractivity contribution < 1.29 is 23.8 Å². The predicted molar refractivity (Wildman–Crippen MR) is 121 cm³/mol. The van der Waals surface area contributed by atoms with Crippen LogP contribution in [0.5, 0.6) is 11.5 Å². The third-order valence-electron chi connectivity index (χ3n) is 3.80. The highest BCUT2D eigenvalue weighted by atomic mass is 32.1. The summed E-state index contributed by atoms with van der Waals surface area (Å²) in [4.78, 5) is 24.8. The van der Waals surface area contributed by atoms with Gasteiger partial charge in [0.25, 0.3) is 11.8 Å². The molecule has 3 N–H and O–H groups in total. The van der Waals surface area contributed by atoms with E-state index in [4.69, 9.17) is 26.4 Å². The van der Waals surface area contributed by atoms with Crippen molar-refractivity contribution >= 4 is 29.1 Å². The molecule has 164 valence electrons. The summed E-state index contributed by atoms with van der Waals surface area (Å²) in [6, 6.07) is 13.4. The minimum absolute atomic E-state index is 0.0643. The molecule has 0 radical (unpaired) electrons. The molecule has 0 spiro atoms. The molecule has 9 heteroatoms. The van der Waals surface area contributed by atoms with Crippen molar-refractivity contribution in [1.29, 1.82) is 0 Å². The Morgan fingerprint density at radius 2 is 1.84 bits per heavy atom. The number of rotatable bonds is 10. The summed E-state index contributed by atoms with van der Waals surface area (Å²) >= 11 is 5.08. The van der Waals surface area contributed by atoms with E-state index in [1.807, 2.05) is 6.92 Å². The zero-order chi connectivity index (χ0) is 22.5. The van der Waals surface area contributed by atoms with Gasteiger partial charge in [-0.1, -0.05) is 30.9 Å². The summed E-state index contributed by atoms with van der Waals surface area (Å²) in [5.74, 6) is 0.0196. The fraction of sp³-hybridized carbons (Fsp3) is 0.227. The number of thiocarbonyl (C=S) groups is 1. The van der Waals surface area contributed by atoms with Gasteiger partial charge in [0.15, 0.2) is 5.11 Å². The number of hydrogen-bond acceptors (Lipinski definition) is 6. The molecule has 0 atom stereocenters. The molecule has 0 unspecified atom stereocenters. The van der Waals surface area contributed by atoms with Crippen molar-refractivity contribution in [3.05, 3.63) is 72.3 Å². The SMILES string of the molecule is C=CCOc1ccccc1C(=O)NNC(=S)NC(=O)c1cccc(OCCOCC)c1. The molecule has 2 aromatic rings. The lowest BCUT2D eigenvalue weighted by Gasteiger charge is -2.13. The molecule has 8 nitrogen and oxygen atoms in total. The van der Waals surface area contributed by atoms with Crippen molar-refractivity contribution in [2.45, 2.75) is 6.92 Å². The van der Waals surface area contributed by atoms with Gasteiger partial charge >= 0.3 is 0 Å². The Labute approximate surface area is 186 Å². The second-order valence-electron chi connectivity index (χ2n) is 6.03. The van der Waals surface area contributed by atoms with Crippen LogP contribution in [0.3, 0.4) is 0 Å². The smallest absolute Gasteiger partial charge is 0.273 e. The Kier molecular flexibility index (Phi) is 9.99. The molecule has 0 aliphatic carbocycles. The first-order chi connectivity index (χ1) is 15.0. The summed E-state index contributed by atoms with van der Waals surface area (Å²) in [6.07, 6.45) is 1.58. The molecule has 0 heterocycles. The third-order valence-corrected chi connectivity index (χ3v) is 4.01. The number of carbonyl (C=O) groups is 2.